The van der Waals surface area contributed by atoms with Crippen LogP contribution < -0.4 is 5.73 Å². The Kier molecular flexibility index (Phi) is 4.42. The molecule has 1 aromatic carbocycles. The van der Waals surface area contributed by atoms with Crippen LogP contribution in [0.2, 0.25) is 0 Å². The van der Waals surface area contributed by atoms with Crippen LogP contribution in [0.15, 0.2) is 22.7 Å². The molecule has 2 atom stereocenters. The Hall–Kier alpha value is -1.04. The lowest BCUT2D eigenvalue weighted by molar-refractivity contribution is -0.190. The first-order chi connectivity index (χ1) is 9.30. The summed E-state index contributed by atoms with van der Waals surface area (Å²) in [6.07, 6.45) is -2.79. The molecule has 1 aliphatic rings. The number of benzene rings is 1. The van der Waals surface area contributed by atoms with E-state index in [0.717, 1.165) is 0 Å². The molecule has 2 nitrogen and oxygen atoms in total. The maximum absolute atomic E-state index is 13.0. The summed E-state index contributed by atoms with van der Waals surface area (Å²) in [4.78, 5) is 12.4. The molecule has 20 heavy (non-hydrogen) atoms. The lowest BCUT2D eigenvalue weighted by atomic mass is 9.75. The van der Waals surface area contributed by atoms with Crippen molar-refractivity contribution in [1.82, 2.24) is 0 Å². The lowest BCUT2D eigenvalue weighted by Gasteiger charge is -2.32. The summed E-state index contributed by atoms with van der Waals surface area (Å²) in [5.74, 6) is -2.94. The average molecular weight is 350 g/mol. The summed E-state index contributed by atoms with van der Waals surface area (Å²) in [5.41, 5.74) is 6.37. The summed E-state index contributed by atoms with van der Waals surface area (Å²) in [6, 6.07) is 4.52. The van der Waals surface area contributed by atoms with Gasteiger partial charge in [0.15, 0.2) is 5.78 Å². The minimum atomic E-state index is -4.31. The first-order valence-electron chi connectivity index (χ1n) is 6.46. The van der Waals surface area contributed by atoms with Gasteiger partial charge in [-0.05, 0) is 47.0 Å². The Bertz CT molecular complexity index is 516. The van der Waals surface area contributed by atoms with Crippen LogP contribution in [-0.2, 0) is 0 Å². The van der Waals surface area contributed by atoms with Crippen molar-refractivity contribution < 1.29 is 18.0 Å². The number of nitrogens with two attached hydrogens (primary N) is 1. The zero-order valence-electron chi connectivity index (χ0n) is 10.7. The lowest BCUT2D eigenvalue weighted by Crippen LogP contribution is -2.37. The molecule has 0 amide bonds. The predicted octanol–water partition coefficient (Wildman–Crippen LogP) is 4.58. The molecule has 1 aliphatic carbocycles. The Morgan fingerprint density at radius 3 is 2.50 bits per heavy atom. The first-order valence-corrected chi connectivity index (χ1v) is 7.26. The minimum Gasteiger partial charge on any atom is -0.398 e. The molecule has 0 aliphatic heterocycles. The number of ketones is 1. The highest BCUT2D eigenvalue weighted by Crippen LogP contribution is 2.43. The third-order valence-electron chi connectivity index (χ3n) is 3.81. The summed E-state index contributed by atoms with van der Waals surface area (Å²) in [6.45, 7) is 0. The molecule has 0 aromatic heterocycles. The number of halogens is 4. The molecule has 0 saturated heterocycles. The molecule has 2 unspecified atom stereocenters. The highest BCUT2D eigenvalue weighted by atomic mass is 79.9. The second-order valence-electron chi connectivity index (χ2n) is 5.14. The van der Waals surface area contributed by atoms with Gasteiger partial charge >= 0.3 is 6.18 Å². The first kappa shape index (κ1) is 15.4. The van der Waals surface area contributed by atoms with E-state index in [-0.39, 0.29) is 12.0 Å². The smallest absolute Gasteiger partial charge is 0.392 e. The topological polar surface area (TPSA) is 43.1 Å². The highest BCUT2D eigenvalue weighted by Gasteiger charge is 2.48. The van der Waals surface area contributed by atoms with Crippen LogP contribution >= 0.6 is 15.9 Å². The van der Waals surface area contributed by atoms with Crippen molar-refractivity contribution >= 4 is 27.4 Å². The number of carbonyl (C=O) groups excluding carboxylic acids is 1. The molecule has 2 N–H and O–H groups in total. The second-order valence-corrected chi connectivity index (χ2v) is 5.99. The second kappa shape index (κ2) is 5.76. The molecular formula is C14H15BrF3NO. The Balaban J connectivity index is 2.27. The van der Waals surface area contributed by atoms with Gasteiger partial charge in [0.05, 0.1) is 5.92 Å². The zero-order valence-corrected chi connectivity index (χ0v) is 12.3. The van der Waals surface area contributed by atoms with Gasteiger partial charge in [0.25, 0.3) is 0 Å². The molecule has 0 heterocycles. The SMILES string of the molecule is Nc1ccc(C(=O)C2CCCCC2C(F)(F)F)cc1Br. The third kappa shape index (κ3) is 3.16. The summed E-state index contributed by atoms with van der Waals surface area (Å²) in [7, 11) is 0. The van der Waals surface area contributed by atoms with Crippen LogP contribution in [-0.4, -0.2) is 12.0 Å². The fourth-order valence-corrected chi connectivity index (χ4v) is 3.11. The van der Waals surface area contributed by atoms with Crippen molar-refractivity contribution in [1.29, 1.82) is 0 Å². The molecule has 0 bridgehead atoms. The highest BCUT2D eigenvalue weighted by molar-refractivity contribution is 9.10. The Morgan fingerprint density at radius 1 is 1.25 bits per heavy atom. The number of carbonyl (C=O) groups is 1. The average Bonchev–Trinajstić information content (AvgIpc) is 2.40. The van der Waals surface area contributed by atoms with Crippen LogP contribution in [0.1, 0.15) is 36.0 Å². The molecule has 1 saturated carbocycles. The van der Waals surface area contributed by atoms with E-state index in [0.29, 0.717) is 29.4 Å². The number of hydrogen-bond donors (Lipinski definition) is 1. The predicted molar refractivity (Wildman–Crippen MR) is 74.4 cm³/mol. The summed E-state index contributed by atoms with van der Waals surface area (Å²) in [5, 5.41) is 0. The van der Waals surface area contributed by atoms with Gasteiger partial charge in [-0.1, -0.05) is 12.8 Å². The molecule has 0 spiro atoms. The fraction of sp³-hybridized carbons (Fsp3) is 0.500. The van der Waals surface area contributed by atoms with Gasteiger partial charge in [-0.2, -0.15) is 13.2 Å². The van der Waals surface area contributed by atoms with Crippen molar-refractivity contribution in [3.63, 3.8) is 0 Å². The molecule has 1 fully saturated rings. The number of Topliss-reactive ketones (excluding diaryl/α,β-unsaturated/α-hetero) is 1. The zero-order chi connectivity index (χ0) is 14.9. The van der Waals surface area contributed by atoms with Crippen LogP contribution in [0, 0.1) is 11.8 Å². The molecule has 2 rings (SSSR count). The van der Waals surface area contributed by atoms with E-state index in [4.69, 9.17) is 5.73 Å². The number of rotatable bonds is 2. The van der Waals surface area contributed by atoms with Gasteiger partial charge in [-0.3, -0.25) is 4.79 Å². The van der Waals surface area contributed by atoms with E-state index in [1.54, 1.807) is 0 Å². The van der Waals surface area contributed by atoms with E-state index in [9.17, 15) is 18.0 Å². The standard InChI is InChI=1S/C14H15BrF3NO/c15-11-7-8(5-6-12(11)19)13(20)9-3-1-2-4-10(9)14(16,17)18/h5-7,9-10H,1-4,19H2. The van der Waals surface area contributed by atoms with Crippen molar-refractivity contribution in [2.75, 3.05) is 5.73 Å². The molecule has 1 aromatic rings. The van der Waals surface area contributed by atoms with Crippen LogP contribution in [0.4, 0.5) is 18.9 Å². The van der Waals surface area contributed by atoms with Gasteiger partial charge in [0, 0.05) is 21.6 Å². The molecule has 0 radical (unpaired) electrons. The molecular weight excluding hydrogens is 335 g/mol. The quantitative estimate of drug-likeness (QED) is 0.627. The van der Waals surface area contributed by atoms with E-state index in [1.165, 1.54) is 18.2 Å². The maximum Gasteiger partial charge on any atom is 0.392 e. The van der Waals surface area contributed by atoms with Crippen LogP contribution in [0.5, 0.6) is 0 Å². The summed E-state index contributed by atoms with van der Waals surface area (Å²) >= 11 is 3.19. The Labute approximate surface area is 123 Å². The van der Waals surface area contributed by atoms with E-state index < -0.39 is 23.8 Å². The molecule has 110 valence electrons. The van der Waals surface area contributed by atoms with Crippen LogP contribution in [0.3, 0.4) is 0 Å². The van der Waals surface area contributed by atoms with Crippen molar-refractivity contribution in [3.05, 3.63) is 28.2 Å². The number of nitrogen functional groups attached to an aromatic ring is 1. The van der Waals surface area contributed by atoms with Crippen molar-refractivity contribution in [2.45, 2.75) is 31.9 Å². The van der Waals surface area contributed by atoms with Crippen molar-refractivity contribution in [2.24, 2.45) is 11.8 Å². The number of anilines is 1. The van der Waals surface area contributed by atoms with Gasteiger partial charge in [0.1, 0.15) is 0 Å². The van der Waals surface area contributed by atoms with Gasteiger partial charge in [-0.15, -0.1) is 0 Å². The van der Waals surface area contributed by atoms with E-state index >= 15 is 0 Å². The summed E-state index contributed by atoms with van der Waals surface area (Å²) < 4.78 is 39.6. The van der Waals surface area contributed by atoms with Crippen molar-refractivity contribution in [3.8, 4) is 0 Å². The van der Waals surface area contributed by atoms with E-state index in [2.05, 4.69) is 15.9 Å². The largest absolute Gasteiger partial charge is 0.398 e. The number of hydrogen-bond acceptors (Lipinski definition) is 2. The van der Waals surface area contributed by atoms with E-state index in [1.807, 2.05) is 0 Å². The van der Waals surface area contributed by atoms with Gasteiger partial charge < -0.3 is 5.73 Å². The minimum absolute atomic E-state index is 0.0377. The van der Waals surface area contributed by atoms with Gasteiger partial charge in [-0.25, -0.2) is 0 Å². The van der Waals surface area contributed by atoms with Crippen LogP contribution in [0.25, 0.3) is 0 Å². The number of alkyl halides is 3. The third-order valence-corrected chi connectivity index (χ3v) is 4.49. The fourth-order valence-electron chi connectivity index (χ4n) is 2.73. The monoisotopic (exact) mass is 349 g/mol. The van der Waals surface area contributed by atoms with Gasteiger partial charge in [0.2, 0.25) is 0 Å². The normalized spacial score (nSPS) is 23.6. The molecule has 6 heteroatoms. The Morgan fingerprint density at radius 2 is 1.90 bits per heavy atom. The maximum atomic E-state index is 13.0.